The standard InChI is InChI=1S/C25H28N4O4S.C2HF3O2/c1-17-7-6-9-21(13-17)29-12-11-28(16-19(29)3)24-22(25(30)31)14-20(15-26-24)27-34(32,33)23-10-5-4-8-18(23)2;3-2(4,5)1(6)7/h4-10,13-15,19,27H,11-12,16H2,1-3H3,(H,30,31);(H,6,7). The lowest BCUT2D eigenvalue weighted by molar-refractivity contribution is -0.192. The van der Waals surface area contributed by atoms with Gasteiger partial charge in [-0.1, -0.05) is 30.3 Å². The van der Waals surface area contributed by atoms with E-state index in [1.54, 1.807) is 25.1 Å². The van der Waals surface area contributed by atoms with Gasteiger partial charge in [-0.3, -0.25) is 4.72 Å². The number of carboxylic acid groups (broad SMARTS) is 2. The molecule has 4 rings (SSSR count). The number of aliphatic carboxylic acids is 1. The third-order valence-corrected chi connectivity index (χ3v) is 7.78. The Morgan fingerprint density at radius 3 is 2.24 bits per heavy atom. The third kappa shape index (κ3) is 7.87. The molecule has 2 aromatic carbocycles. The lowest BCUT2D eigenvalue weighted by Gasteiger charge is -2.42. The number of carboxylic acids is 2. The monoisotopic (exact) mass is 594 g/mol. The molecule has 0 amide bonds. The van der Waals surface area contributed by atoms with Crippen molar-refractivity contribution in [3.05, 3.63) is 77.5 Å². The molecule has 0 radical (unpaired) electrons. The Hall–Kier alpha value is -4.33. The summed E-state index contributed by atoms with van der Waals surface area (Å²) in [6.45, 7) is 7.76. The van der Waals surface area contributed by atoms with E-state index in [2.05, 4.69) is 46.7 Å². The first kappa shape index (κ1) is 31.2. The van der Waals surface area contributed by atoms with E-state index in [0.717, 1.165) is 5.69 Å². The molecule has 14 heteroatoms. The molecule has 0 saturated carbocycles. The van der Waals surface area contributed by atoms with Gasteiger partial charge in [0.1, 0.15) is 11.4 Å². The first-order chi connectivity index (χ1) is 19.1. The summed E-state index contributed by atoms with van der Waals surface area (Å²) in [6, 6.07) is 16.4. The van der Waals surface area contributed by atoms with Crippen molar-refractivity contribution < 1.29 is 41.4 Å². The van der Waals surface area contributed by atoms with Gasteiger partial charge in [-0.25, -0.2) is 23.0 Å². The average molecular weight is 595 g/mol. The summed E-state index contributed by atoms with van der Waals surface area (Å²) in [5, 5.41) is 17.0. The number of nitrogens with one attached hydrogen (secondary N) is 1. The molecular formula is C27H29F3N4O6S. The normalized spacial score (nSPS) is 15.5. The number of piperazine rings is 1. The number of anilines is 3. The smallest absolute Gasteiger partial charge is 0.478 e. The number of hydrogen-bond donors (Lipinski definition) is 3. The van der Waals surface area contributed by atoms with Gasteiger partial charge in [0, 0.05) is 31.4 Å². The van der Waals surface area contributed by atoms with Crippen LogP contribution in [0.2, 0.25) is 0 Å². The zero-order chi connectivity index (χ0) is 30.5. The fraction of sp³-hybridized carbons (Fsp3) is 0.296. The zero-order valence-electron chi connectivity index (χ0n) is 22.4. The molecule has 3 aromatic rings. The zero-order valence-corrected chi connectivity index (χ0v) is 23.2. The van der Waals surface area contributed by atoms with Gasteiger partial charge < -0.3 is 20.0 Å². The highest BCUT2D eigenvalue weighted by molar-refractivity contribution is 7.92. The van der Waals surface area contributed by atoms with Crippen LogP contribution in [0.3, 0.4) is 0 Å². The highest BCUT2D eigenvalue weighted by atomic mass is 32.2. The third-order valence-electron chi connectivity index (χ3n) is 6.24. The molecule has 1 unspecified atom stereocenters. The molecule has 2 heterocycles. The van der Waals surface area contributed by atoms with E-state index in [1.807, 2.05) is 11.0 Å². The minimum absolute atomic E-state index is 0.0406. The number of hydrogen-bond acceptors (Lipinski definition) is 7. The van der Waals surface area contributed by atoms with Crippen molar-refractivity contribution in [3.63, 3.8) is 0 Å². The topological polar surface area (TPSA) is 140 Å². The maximum Gasteiger partial charge on any atom is 0.490 e. The van der Waals surface area contributed by atoms with Gasteiger partial charge >= 0.3 is 18.1 Å². The van der Waals surface area contributed by atoms with Gasteiger partial charge in [0.25, 0.3) is 10.0 Å². The number of alkyl halides is 3. The molecule has 41 heavy (non-hydrogen) atoms. The highest BCUT2D eigenvalue weighted by Crippen LogP contribution is 2.28. The first-order valence-electron chi connectivity index (χ1n) is 12.3. The highest BCUT2D eigenvalue weighted by Gasteiger charge is 2.38. The Bertz CT molecular complexity index is 1530. The van der Waals surface area contributed by atoms with Crippen molar-refractivity contribution >= 4 is 39.2 Å². The van der Waals surface area contributed by atoms with Crippen molar-refractivity contribution in [2.75, 3.05) is 34.2 Å². The van der Waals surface area contributed by atoms with Gasteiger partial charge in [0.15, 0.2) is 0 Å². The van der Waals surface area contributed by atoms with Crippen molar-refractivity contribution in [2.45, 2.75) is 37.9 Å². The molecule has 1 aliphatic heterocycles. The quantitative estimate of drug-likeness (QED) is 0.375. The van der Waals surface area contributed by atoms with Crippen LogP contribution in [-0.4, -0.2) is 67.4 Å². The van der Waals surface area contributed by atoms with Crippen LogP contribution in [0.5, 0.6) is 0 Å². The Balaban J connectivity index is 0.000000587. The molecule has 1 aromatic heterocycles. The van der Waals surface area contributed by atoms with Crippen molar-refractivity contribution in [2.24, 2.45) is 0 Å². The van der Waals surface area contributed by atoms with Crippen LogP contribution in [0.4, 0.5) is 30.4 Å². The predicted molar refractivity (Wildman–Crippen MR) is 147 cm³/mol. The molecule has 10 nitrogen and oxygen atoms in total. The minimum Gasteiger partial charge on any atom is -0.478 e. The van der Waals surface area contributed by atoms with E-state index in [9.17, 15) is 31.5 Å². The predicted octanol–water partition coefficient (Wildman–Crippen LogP) is 4.55. The van der Waals surface area contributed by atoms with Crippen LogP contribution in [0.25, 0.3) is 0 Å². The second kappa shape index (κ2) is 12.5. The SMILES string of the molecule is Cc1cccc(N2CCN(c3ncc(NS(=O)(=O)c4ccccc4C)cc3C(=O)O)CC2C)c1.O=C(O)C(F)(F)F. The van der Waals surface area contributed by atoms with Crippen LogP contribution in [0, 0.1) is 13.8 Å². The molecule has 1 saturated heterocycles. The fourth-order valence-electron chi connectivity index (χ4n) is 4.33. The maximum absolute atomic E-state index is 12.8. The van der Waals surface area contributed by atoms with Gasteiger partial charge in [0.2, 0.25) is 0 Å². The Kier molecular flexibility index (Phi) is 9.48. The number of halogens is 3. The van der Waals surface area contributed by atoms with Crippen LogP contribution in [0.1, 0.15) is 28.4 Å². The van der Waals surface area contributed by atoms with E-state index in [-0.39, 0.29) is 22.2 Å². The van der Waals surface area contributed by atoms with Crippen LogP contribution in [-0.2, 0) is 14.8 Å². The fourth-order valence-corrected chi connectivity index (χ4v) is 5.61. The van der Waals surface area contributed by atoms with Gasteiger partial charge in [-0.05, 0) is 56.2 Å². The number of aromatic nitrogens is 1. The Morgan fingerprint density at radius 1 is 1.02 bits per heavy atom. The number of aromatic carboxylic acids is 1. The van der Waals surface area contributed by atoms with Crippen LogP contribution >= 0.6 is 0 Å². The van der Waals surface area contributed by atoms with Gasteiger partial charge in [0.05, 0.1) is 16.8 Å². The van der Waals surface area contributed by atoms with Gasteiger partial charge in [-0.2, -0.15) is 13.2 Å². The van der Waals surface area contributed by atoms with E-state index >= 15 is 0 Å². The summed E-state index contributed by atoms with van der Waals surface area (Å²) in [5.74, 6) is -3.58. The molecule has 0 aliphatic carbocycles. The maximum atomic E-state index is 12.8. The molecule has 0 spiro atoms. The number of pyridine rings is 1. The summed E-state index contributed by atoms with van der Waals surface area (Å²) in [7, 11) is -3.88. The van der Waals surface area contributed by atoms with Crippen molar-refractivity contribution in [3.8, 4) is 0 Å². The summed E-state index contributed by atoms with van der Waals surface area (Å²) in [4.78, 5) is 29.7. The van der Waals surface area contributed by atoms with Crippen molar-refractivity contribution in [1.29, 1.82) is 0 Å². The summed E-state index contributed by atoms with van der Waals surface area (Å²) in [5.41, 5.74) is 2.99. The number of carbonyl (C=O) groups is 2. The molecule has 1 aliphatic rings. The van der Waals surface area contributed by atoms with Crippen LogP contribution < -0.4 is 14.5 Å². The van der Waals surface area contributed by atoms with E-state index in [1.165, 1.54) is 23.9 Å². The summed E-state index contributed by atoms with van der Waals surface area (Å²) in [6.07, 6.45) is -3.71. The van der Waals surface area contributed by atoms with E-state index < -0.39 is 28.1 Å². The molecule has 1 fully saturated rings. The van der Waals surface area contributed by atoms with E-state index in [4.69, 9.17) is 9.90 Å². The lowest BCUT2D eigenvalue weighted by Crippen LogP contribution is -2.52. The first-order valence-corrected chi connectivity index (χ1v) is 13.8. The minimum atomic E-state index is -5.08. The number of sulfonamides is 1. The molecular weight excluding hydrogens is 565 g/mol. The Labute approximate surface area is 235 Å². The molecule has 220 valence electrons. The number of aryl methyl sites for hydroxylation is 2. The lowest BCUT2D eigenvalue weighted by atomic mass is 10.1. The summed E-state index contributed by atoms with van der Waals surface area (Å²) < 4.78 is 59.9. The largest absolute Gasteiger partial charge is 0.490 e. The second-order valence-electron chi connectivity index (χ2n) is 9.40. The number of benzene rings is 2. The molecule has 1 atom stereocenters. The number of rotatable bonds is 6. The Morgan fingerprint density at radius 2 is 1.68 bits per heavy atom. The van der Waals surface area contributed by atoms with Gasteiger partial charge in [-0.15, -0.1) is 0 Å². The van der Waals surface area contributed by atoms with Crippen molar-refractivity contribution in [1.82, 2.24) is 4.98 Å². The van der Waals surface area contributed by atoms with Crippen LogP contribution in [0.15, 0.2) is 65.7 Å². The molecule has 0 bridgehead atoms. The molecule has 3 N–H and O–H groups in total. The summed E-state index contributed by atoms with van der Waals surface area (Å²) >= 11 is 0. The number of nitrogens with zero attached hydrogens (tertiary/aromatic N) is 3. The van der Waals surface area contributed by atoms with E-state index in [0.29, 0.717) is 31.0 Å². The second-order valence-corrected chi connectivity index (χ2v) is 11.1. The average Bonchev–Trinajstić information content (AvgIpc) is 2.88.